The van der Waals surface area contributed by atoms with Crippen LogP contribution in [0.15, 0.2) is 24.4 Å². The highest BCUT2D eigenvalue weighted by Crippen LogP contribution is 2.23. The molecule has 0 spiro atoms. The molecule has 1 amide bonds. The third-order valence-electron chi connectivity index (χ3n) is 3.48. The summed E-state index contributed by atoms with van der Waals surface area (Å²) in [7, 11) is 0. The van der Waals surface area contributed by atoms with Crippen LogP contribution in [-0.4, -0.2) is 28.8 Å². The molecule has 1 aliphatic carbocycles. The molecule has 1 fully saturated rings. The number of alkyl carbamates (subject to hydrolysis) is 1. The number of hydrogen-bond donors (Lipinski definition) is 2. The highest BCUT2D eigenvalue weighted by molar-refractivity contribution is 5.68. The molecule has 2 rings (SSSR count). The van der Waals surface area contributed by atoms with Gasteiger partial charge in [-0.15, -0.1) is 0 Å². The minimum absolute atomic E-state index is 0.202. The predicted octanol–water partition coefficient (Wildman–Crippen LogP) is 2.79. The van der Waals surface area contributed by atoms with E-state index in [2.05, 4.69) is 22.5 Å². The summed E-state index contributed by atoms with van der Waals surface area (Å²) >= 11 is 0. The summed E-state index contributed by atoms with van der Waals surface area (Å²) in [6.07, 6.45) is 3.33. The number of nitrogens with zero attached hydrogens (tertiary/aromatic N) is 1. The second-order valence-electron chi connectivity index (χ2n) is 6.65. The van der Waals surface area contributed by atoms with Crippen LogP contribution < -0.4 is 10.6 Å². The molecule has 0 unspecified atom stereocenters. The Morgan fingerprint density at radius 1 is 1.33 bits per heavy atom. The first-order chi connectivity index (χ1) is 9.83. The average molecular weight is 291 g/mol. The molecule has 0 radical (unpaired) electrons. The van der Waals surface area contributed by atoms with Gasteiger partial charge in [-0.05, 0) is 52.7 Å². The Morgan fingerprint density at radius 3 is 2.62 bits per heavy atom. The predicted molar refractivity (Wildman–Crippen MR) is 82.0 cm³/mol. The topological polar surface area (TPSA) is 63.2 Å². The Labute approximate surface area is 126 Å². The minimum Gasteiger partial charge on any atom is -0.444 e. The van der Waals surface area contributed by atoms with Gasteiger partial charge in [0, 0.05) is 24.3 Å². The monoisotopic (exact) mass is 291 g/mol. The van der Waals surface area contributed by atoms with Crippen molar-refractivity contribution in [1.29, 1.82) is 0 Å². The molecular formula is C16H25N3O2. The van der Waals surface area contributed by atoms with Gasteiger partial charge in [-0.1, -0.05) is 6.07 Å². The Balaban J connectivity index is 1.69. The molecule has 1 aromatic rings. The number of carbonyl (C=O) groups excluding carboxylic acids is 1. The second-order valence-corrected chi connectivity index (χ2v) is 6.65. The Morgan fingerprint density at radius 2 is 2.05 bits per heavy atom. The quantitative estimate of drug-likeness (QED) is 0.895. The van der Waals surface area contributed by atoms with E-state index >= 15 is 0 Å². The van der Waals surface area contributed by atoms with Gasteiger partial charge in [0.25, 0.3) is 0 Å². The first-order valence-corrected chi connectivity index (χ1v) is 7.50. The molecule has 1 heterocycles. The molecule has 2 N–H and O–H groups in total. The molecule has 1 aliphatic rings. The summed E-state index contributed by atoms with van der Waals surface area (Å²) in [5.74, 6) is 0. The maximum absolute atomic E-state index is 11.6. The van der Waals surface area contributed by atoms with Crippen LogP contribution in [0.25, 0.3) is 0 Å². The molecule has 1 saturated carbocycles. The summed E-state index contributed by atoms with van der Waals surface area (Å²) in [5, 5.41) is 6.43. The Bertz CT molecular complexity index is 464. The molecule has 116 valence electrons. The van der Waals surface area contributed by atoms with Crippen LogP contribution in [0.2, 0.25) is 0 Å². The van der Waals surface area contributed by atoms with E-state index in [-0.39, 0.29) is 18.2 Å². The highest BCUT2D eigenvalue weighted by Gasteiger charge is 2.32. The molecule has 1 aromatic heterocycles. The molecule has 5 heteroatoms. The summed E-state index contributed by atoms with van der Waals surface area (Å²) in [4.78, 5) is 16.0. The van der Waals surface area contributed by atoms with E-state index in [9.17, 15) is 4.79 Å². The third-order valence-corrected chi connectivity index (χ3v) is 3.48. The van der Waals surface area contributed by atoms with Crippen molar-refractivity contribution >= 4 is 6.09 Å². The largest absolute Gasteiger partial charge is 0.444 e. The minimum atomic E-state index is -0.445. The third kappa shape index (κ3) is 5.01. The maximum atomic E-state index is 11.6. The highest BCUT2D eigenvalue weighted by atomic mass is 16.6. The van der Waals surface area contributed by atoms with Gasteiger partial charge in [0.15, 0.2) is 0 Å². The zero-order valence-corrected chi connectivity index (χ0v) is 13.2. The number of amides is 1. The van der Waals surface area contributed by atoms with Crippen LogP contribution in [0.3, 0.4) is 0 Å². The summed E-state index contributed by atoms with van der Waals surface area (Å²) < 4.78 is 5.25. The molecule has 0 saturated heterocycles. The normalized spacial score (nSPS) is 23.0. The van der Waals surface area contributed by atoms with Crippen LogP contribution in [0.1, 0.15) is 52.3 Å². The Hall–Kier alpha value is -1.62. The molecule has 1 atom stereocenters. The lowest BCUT2D eigenvalue weighted by atomic mass is 9.86. The zero-order valence-electron chi connectivity index (χ0n) is 13.2. The smallest absolute Gasteiger partial charge is 0.407 e. The van der Waals surface area contributed by atoms with Crippen LogP contribution in [0, 0.1) is 0 Å². The number of pyridine rings is 1. The van der Waals surface area contributed by atoms with Gasteiger partial charge in [0.1, 0.15) is 5.60 Å². The molecular weight excluding hydrogens is 266 g/mol. The van der Waals surface area contributed by atoms with Crippen molar-refractivity contribution in [3.63, 3.8) is 0 Å². The van der Waals surface area contributed by atoms with E-state index in [1.54, 1.807) is 6.20 Å². The lowest BCUT2D eigenvalue weighted by Crippen LogP contribution is -2.53. The van der Waals surface area contributed by atoms with Crippen LogP contribution in [-0.2, 0) is 4.74 Å². The number of nitrogens with one attached hydrogen (secondary N) is 2. The van der Waals surface area contributed by atoms with Gasteiger partial charge in [-0.3, -0.25) is 4.98 Å². The van der Waals surface area contributed by atoms with Crippen molar-refractivity contribution in [2.75, 3.05) is 0 Å². The van der Waals surface area contributed by atoms with E-state index < -0.39 is 5.60 Å². The lowest BCUT2D eigenvalue weighted by molar-refractivity contribution is 0.0463. The van der Waals surface area contributed by atoms with Gasteiger partial charge < -0.3 is 15.4 Å². The summed E-state index contributed by atoms with van der Waals surface area (Å²) in [5.41, 5.74) is 0.597. The maximum Gasteiger partial charge on any atom is 0.407 e. The van der Waals surface area contributed by atoms with Crippen LogP contribution >= 0.6 is 0 Å². The average Bonchev–Trinajstić information content (AvgIpc) is 2.35. The molecule has 0 aliphatic heterocycles. The van der Waals surface area contributed by atoms with Crippen molar-refractivity contribution in [1.82, 2.24) is 15.6 Å². The van der Waals surface area contributed by atoms with Crippen molar-refractivity contribution in [2.24, 2.45) is 0 Å². The fourth-order valence-electron chi connectivity index (χ4n) is 2.42. The SMILES string of the molecule is C[C@@H](NC1CC(NC(=O)OC(C)(C)C)C1)c1ccccn1. The van der Waals surface area contributed by atoms with Gasteiger partial charge in [0.2, 0.25) is 0 Å². The van der Waals surface area contributed by atoms with E-state index in [1.165, 1.54) is 0 Å². The molecule has 21 heavy (non-hydrogen) atoms. The van der Waals surface area contributed by atoms with E-state index in [4.69, 9.17) is 4.74 Å². The molecule has 0 bridgehead atoms. The first-order valence-electron chi connectivity index (χ1n) is 7.50. The molecule has 5 nitrogen and oxygen atoms in total. The molecule has 0 aromatic carbocycles. The van der Waals surface area contributed by atoms with Gasteiger partial charge in [-0.25, -0.2) is 4.79 Å². The second kappa shape index (κ2) is 6.43. The van der Waals surface area contributed by atoms with Crippen molar-refractivity contribution in [3.8, 4) is 0 Å². The summed E-state index contributed by atoms with van der Waals surface area (Å²) in [6.45, 7) is 7.71. The standard InChI is InChI=1S/C16H25N3O2/c1-11(14-7-5-6-8-17-14)18-12-9-13(10-12)19-15(20)21-16(2,3)4/h5-8,11-13,18H,9-10H2,1-4H3,(H,19,20)/t11-,12?,13?/m1/s1. The van der Waals surface area contributed by atoms with Gasteiger partial charge in [0.05, 0.1) is 5.69 Å². The number of carbonyl (C=O) groups is 1. The van der Waals surface area contributed by atoms with Gasteiger partial charge >= 0.3 is 6.09 Å². The fourth-order valence-corrected chi connectivity index (χ4v) is 2.42. The zero-order chi connectivity index (χ0) is 15.5. The fraction of sp³-hybridized carbons (Fsp3) is 0.625. The van der Waals surface area contributed by atoms with Gasteiger partial charge in [-0.2, -0.15) is 0 Å². The summed E-state index contributed by atoms with van der Waals surface area (Å²) in [6, 6.07) is 6.77. The van der Waals surface area contributed by atoms with E-state index in [1.807, 2.05) is 39.0 Å². The van der Waals surface area contributed by atoms with Crippen molar-refractivity contribution < 1.29 is 9.53 Å². The van der Waals surface area contributed by atoms with Crippen molar-refractivity contribution in [3.05, 3.63) is 30.1 Å². The number of aromatic nitrogens is 1. The Kier molecular flexibility index (Phi) is 4.83. The van der Waals surface area contributed by atoms with Crippen LogP contribution in [0.4, 0.5) is 4.79 Å². The first kappa shape index (κ1) is 15.8. The van der Waals surface area contributed by atoms with Crippen molar-refractivity contribution in [2.45, 2.75) is 64.3 Å². The van der Waals surface area contributed by atoms with Crippen LogP contribution in [0.5, 0.6) is 0 Å². The van der Waals surface area contributed by atoms with E-state index in [0.717, 1.165) is 18.5 Å². The number of ether oxygens (including phenoxy) is 1. The number of rotatable bonds is 4. The lowest BCUT2D eigenvalue weighted by Gasteiger charge is -2.38. The number of hydrogen-bond acceptors (Lipinski definition) is 4. The van der Waals surface area contributed by atoms with E-state index in [0.29, 0.717) is 6.04 Å².